The van der Waals surface area contributed by atoms with Crippen molar-refractivity contribution in [2.24, 2.45) is 0 Å². The Bertz CT molecular complexity index is 1300. The van der Waals surface area contributed by atoms with Crippen LogP contribution in [0.4, 0.5) is 0 Å². The lowest BCUT2D eigenvalue weighted by molar-refractivity contribution is 0.0469. The monoisotopic (exact) mass is 405 g/mol. The van der Waals surface area contributed by atoms with E-state index in [0.29, 0.717) is 22.9 Å². The van der Waals surface area contributed by atoms with E-state index in [-0.39, 0.29) is 11.5 Å². The zero-order valence-electron chi connectivity index (χ0n) is 16.5. The molecule has 0 amide bonds. The molecule has 3 aromatic heterocycles. The van der Waals surface area contributed by atoms with Crippen LogP contribution in [-0.4, -0.2) is 33.1 Å². The smallest absolute Gasteiger partial charge is 0.359 e. The number of fused-ring (bicyclic) bond motifs is 1. The van der Waals surface area contributed by atoms with Gasteiger partial charge in [-0.3, -0.25) is 9.59 Å². The summed E-state index contributed by atoms with van der Waals surface area (Å²) < 4.78 is 12.5. The van der Waals surface area contributed by atoms with Gasteiger partial charge >= 0.3 is 5.97 Å². The normalized spacial score (nSPS) is 11.0. The molecule has 0 bridgehead atoms. The highest BCUT2D eigenvalue weighted by Crippen LogP contribution is 2.19. The summed E-state index contributed by atoms with van der Waals surface area (Å²) in [5, 5.41) is 6.77. The third-order valence-electron chi connectivity index (χ3n) is 4.99. The third-order valence-corrected chi connectivity index (χ3v) is 4.99. The number of nitrogens with one attached hydrogen (secondary N) is 1. The van der Waals surface area contributed by atoms with E-state index >= 15 is 0 Å². The van der Waals surface area contributed by atoms with Crippen LogP contribution in [0.1, 0.15) is 38.0 Å². The number of hydrogen-bond donors (Lipinski definition) is 1. The number of hydrogen-bond acceptors (Lipinski definition) is 6. The first-order valence-electron chi connectivity index (χ1n) is 9.32. The summed E-state index contributed by atoms with van der Waals surface area (Å²) in [7, 11) is 0. The fraction of sp³-hybridized carbons (Fsp3) is 0.182. The van der Waals surface area contributed by atoms with Gasteiger partial charge in [0.05, 0.1) is 18.2 Å². The molecule has 0 atom stereocenters. The highest BCUT2D eigenvalue weighted by Gasteiger charge is 2.20. The summed E-state index contributed by atoms with van der Waals surface area (Å²) in [6, 6.07) is 12.0. The predicted molar refractivity (Wildman–Crippen MR) is 109 cm³/mol. The molecular formula is C22H19N3O5. The van der Waals surface area contributed by atoms with Crippen molar-refractivity contribution in [1.29, 1.82) is 0 Å². The first kappa shape index (κ1) is 19.4. The minimum absolute atomic E-state index is 0.0405. The number of aryl methyl sites for hydroxylation is 1. The summed E-state index contributed by atoms with van der Waals surface area (Å²) >= 11 is 0. The number of carbonyl (C=O) groups excluding carboxylic acids is 2. The van der Waals surface area contributed by atoms with Gasteiger partial charge in [-0.1, -0.05) is 18.2 Å². The van der Waals surface area contributed by atoms with Gasteiger partial charge in [-0.25, -0.2) is 9.89 Å². The molecule has 0 aliphatic carbocycles. The molecule has 0 unspecified atom stereocenters. The van der Waals surface area contributed by atoms with Crippen LogP contribution in [0.15, 0.2) is 57.9 Å². The van der Waals surface area contributed by atoms with Gasteiger partial charge in [-0.15, -0.1) is 0 Å². The van der Waals surface area contributed by atoms with Crippen LogP contribution in [0.3, 0.4) is 0 Å². The number of aromatic nitrogens is 3. The van der Waals surface area contributed by atoms with Crippen molar-refractivity contribution in [2.45, 2.75) is 20.4 Å². The maximum absolute atomic E-state index is 12.7. The van der Waals surface area contributed by atoms with Crippen LogP contribution in [0.5, 0.6) is 0 Å². The Morgan fingerprint density at radius 3 is 2.63 bits per heavy atom. The minimum Gasteiger partial charge on any atom is -0.467 e. The quantitative estimate of drug-likeness (QED) is 0.390. The molecule has 1 aromatic carbocycles. The fourth-order valence-corrected chi connectivity index (χ4v) is 3.43. The van der Waals surface area contributed by atoms with Crippen LogP contribution >= 0.6 is 0 Å². The number of nitrogens with zero attached hydrogens (tertiary/aromatic N) is 2. The van der Waals surface area contributed by atoms with Crippen LogP contribution in [0.25, 0.3) is 10.8 Å². The zero-order valence-corrected chi connectivity index (χ0v) is 16.5. The summed E-state index contributed by atoms with van der Waals surface area (Å²) in [4.78, 5) is 37.0. The Morgan fingerprint density at radius 1 is 1.13 bits per heavy atom. The van der Waals surface area contributed by atoms with E-state index in [2.05, 4.69) is 10.2 Å². The second kappa shape index (κ2) is 7.82. The average molecular weight is 405 g/mol. The van der Waals surface area contributed by atoms with Crippen molar-refractivity contribution in [1.82, 2.24) is 14.8 Å². The fourth-order valence-electron chi connectivity index (χ4n) is 3.43. The molecule has 4 aromatic rings. The van der Waals surface area contributed by atoms with E-state index in [9.17, 15) is 14.4 Å². The molecule has 8 nitrogen and oxygen atoms in total. The number of Topliss-reactive ketones (excluding diaryl/α,β-unsaturated/α-hetero) is 1. The maximum Gasteiger partial charge on any atom is 0.359 e. The molecule has 0 radical (unpaired) electrons. The number of furan rings is 1. The lowest BCUT2D eigenvalue weighted by Crippen LogP contribution is -2.19. The van der Waals surface area contributed by atoms with E-state index in [4.69, 9.17) is 9.15 Å². The van der Waals surface area contributed by atoms with Crippen LogP contribution in [0, 0.1) is 13.8 Å². The largest absolute Gasteiger partial charge is 0.467 e. The Kier molecular flexibility index (Phi) is 5.05. The van der Waals surface area contributed by atoms with Crippen molar-refractivity contribution in [3.05, 3.63) is 87.5 Å². The molecule has 0 saturated heterocycles. The second-order valence-corrected chi connectivity index (χ2v) is 6.90. The topological polar surface area (TPSA) is 107 Å². The summed E-state index contributed by atoms with van der Waals surface area (Å²) in [6.07, 6.45) is 1.60. The molecule has 0 aliphatic heterocycles. The molecule has 0 aliphatic rings. The van der Waals surface area contributed by atoms with E-state index in [1.165, 1.54) is 0 Å². The minimum atomic E-state index is -0.778. The molecule has 1 N–H and O–H groups in total. The number of carbonyl (C=O) groups is 2. The van der Waals surface area contributed by atoms with Gasteiger partial charge in [0.2, 0.25) is 5.78 Å². The number of ketones is 1. The highest BCUT2D eigenvalue weighted by molar-refractivity contribution is 6.04. The molecule has 3 heterocycles. The Balaban J connectivity index is 1.51. The van der Waals surface area contributed by atoms with Crippen molar-refractivity contribution in [2.75, 3.05) is 6.61 Å². The van der Waals surface area contributed by atoms with E-state index in [1.807, 2.05) is 30.5 Å². The Labute approximate surface area is 171 Å². The molecule has 8 heteroatoms. The molecule has 0 saturated carbocycles. The molecule has 0 fully saturated rings. The lowest BCUT2D eigenvalue weighted by atomic mass is 10.1. The predicted octanol–water partition coefficient (Wildman–Crippen LogP) is 3.02. The van der Waals surface area contributed by atoms with Gasteiger partial charge in [0.15, 0.2) is 12.3 Å². The highest BCUT2D eigenvalue weighted by atomic mass is 16.5. The van der Waals surface area contributed by atoms with Crippen molar-refractivity contribution >= 4 is 22.5 Å². The van der Waals surface area contributed by atoms with Crippen molar-refractivity contribution < 1.29 is 18.7 Å². The zero-order chi connectivity index (χ0) is 21.3. The standard InChI is InChI=1S/C22H19N3O5/c1-13-10-18(14(2)25(13)11-15-6-5-9-29-15)19(26)12-30-22(28)20-16-7-3-4-8-17(16)21(27)24-23-20/h3-10H,11-12H2,1-2H3,(H,24,27). The molecule has 152 valence electrons. The maximum atomic E-state index is 12.7. The molecule has 0 spiro atoms. The summed E-state index contributed by atoms with van der Waals surface area (Å²) in [5.74, 6) is -0.325. The van der Waals surface area contributed by atoms with Gasteiger partial charge in [-0.2, -0.15) is 5.10 Å². The van der Waals surface area contributed by atoms with Gasteiger partial charge < -0.3 is 13.7 Å². The van der Waals surface area contributed by atoms with E-state index < -0.39 is 18.1 Å². The van der Waals surface area contributed by atoms with E-state index in [0.717, 1.165) is 17.1 Å². The molecular weight excluding hydrogens is 386 g/mol. The first-order valence-corrected chi connectivity index (χ1v) is 9.32. The van der Waals surface area contributed by atoms with Gasteiger partial charge in [0, 0.05) is 22.3 Å². The number of aromatic amines is 1. The van der Waals surface area contributed by atoms with Gasteiger partial charge in [-0.05, 0) is 38.1 Å². The lowest BCUT2D eigenvalue weighted by Gasteiger charge is -2.08. The summed E-state index contributed by atoms with van der Waals surface area (Å²) in [6.45, 7) is 3.81. The van der Waals surface area contributed by atoms with Crippen LogP contribution in [0.2, 0.25) is 0 Å². The van der Waals surface area contributed by atoms with Crippen molar-refractivity contribution in [3.8, 4) is 0 Å². The summed E-state index contributed by atoms with van der Waals surface area (Å²) in [5.41, 5.74) is 1.69. The van der Waals surface area contributed by atoms with Gasteiger partial charge in [0.1, 0.15) is 5.76 Å². The van der Waals surface area contributed by atoms with Gasteiger partial charge in [0.25, 0.3) is 5.56 Å². The van der Waals surface area contributed by atoms with Crippen LogP contribution < -0.4 is 5.56 Å². The molecule has 30 heavy (non-hydrogen) atoms. The Morgan fingerprint density at radius 2 is 1.90 bits per heavy atom. The Hall–Kier alpha value is -3.94. The third kappa shape index (κ3) is 3.55. The molecule has 4 rings (SSSR count). The number of rotatable bonds is 6. The van der Waals surface area contributed by atoms with Crippen molar-refractivity contribution in [3.63, 3.8) is 0 Å². The van der Waals surface area contributed by atoms with Crippen LogP contribution in [-0.2, 0) is 11.3 Å². The number of ether oxygens (including phenoxy) is 1. The SMILES string of the molecule is Cc1cc(C(=O)COC(=O)c2n[nH]c(=O)c3ccccc23)c(C)n1Cc1ccco1. The number of benzene rings is 1. The second-order valence-electron chi connectivity index (χ2n) is 6.90. The number of H-pyrrole nitrogens is 1. The average Bonchev–Trinajstić information content (AvgIpc) is 3.36. The number of esters is 1. The van der Waals surface area contributed by atoms with E-state index in [1.54, 1.807) is 36.6 Å². The first-order chi connectivity index (χ1) is 14.5.